The molecule has 3 fully saturated rings. The Labute approximate surface area is 246 Å². The molecular formula is C33H39N3O4S. The number of fused-ring (bicyclic) bond motifs is 2. The molecule has 8 heteroatoms. The number of aromatic nitrogens is 1. The number of carboxylic acid groups (broad SMARTS) is 1. The predicted molar refractivity (Wildman–Crippen MR) is 161 cm³/mol. The Kier molecular flexibility index (Phi) is 7.04. The van der Waals surface area contributed by atoms with Crippen LogP contribution in [-0.4, -0.2) is 59.8 Å². The number of ether oxygens (including phenoxy) is 2. The number of hydrogen-bond donors (Lipinski definition) is 1. The van der Waals surface area contributed by atoms with Crippen LogP contribution in [0.2, 0.25) is 0 Å². The summed E-state index contributed by atoms with van der Waals surface area (Å²) in [5.74, 6) is 0.453. The molecule has 3 atom stereocenters. The van der Waals surface area contributed by atoms with Crippen molar-refractivity contribution in [2.45, 2.75) is 65.1 Å². The van der Waals surface area contributed by atoms with Gasteiger partial charge in [-0.05, 0) is 86.3 Å². The third-order valence-corrected chi connectivity index (χ3v) is 10.7. The standard InChI is InChI=1S/C33H39N3O4S/c1-21-5-6-30(27(12-21)29-20-41-32(34-29)36-10-8-33(31(37)38)15-25(33)16-36)40-18-23-13-22(2)28-17-35(9-7-24(28)14-23)26-4-3-11-39-19-26/h5-6,12-14,20,25-26H,3-4,7-11,15-19H2,1-2H3,(H,37,38). The molecule has 1 saturated carbocycles. The van der Waals surface area contributed by atoms with E-state index in [-0.39, 0.29) is 5.92 Å². The predicted octanol–water partition coefficient (Wildman–Crippen LogP) is 5.84. The Morgan fingerprint density at radius 3 is 2.95 bits per heavy atom. The SMILES string of the molecule is Cc1ccc(OCc2cc(C)c3c(c2)CCN(C2CCCOC2)C3)c(-c2csc(N3CCC4(C(=O)O)CC4C3)n2)c1. The molecule has 2 saturated heterocycles. The Bertz CT molecular complexity index is 1460. The molecule has 0 amide bonds. The van der Waals surface area contributed by atoms with E-state index in [1.165, 1.54) is 40.7 Å². The van der Waals surface area contributed by atoms with Gasteiger partial charge < -0.3 is 19.5 Å². The maximum absolute atomic E-state index is 11.7. The summed E-state index contributed by atoms with van der Waals surface area (Å²) in [4.78, 5) is 21.6. The quantitative estimate of drug-likeness (QED) is 0.380. The minimum Gasteiger partial charge on any atom is -0.488 e. The first-order chi connectivity index (χ1) is 19.9. The van der Waals surface area contributed by atoms with Gasteiger partial charge in [-0.2, -0.15) is 0 Å². The number of carbonyl (C=O) groups is 1. The van der Waals surface area contributed by atoms with Crippen LogP contribution < -0.4 is 9.64 Å². The number of carboxylic acids is 1. The first-order valence-electron chi connectivity index (χ1n) is 15.0. The van der Waals surface area contributed by atoms with Crippen LogP contribution in [0.25, 0.3) is 11.3 Å². The van der Waals surface area contributed by atoms with Crippen LogP contribution in [0.5, 0.6) is 5.75 Å². The van der Waals surface area contributed by atoms with Crippen LogP contribution in [0.3, 0.4) is 0 Å². The van der Waals surface area contributed by atoms with E-state index in [0.29, 0.717) is 19.1 Å². The number of hydrogen-bond acceptors (Lipinski definition) is 7. The number of anilines is 1. The summed E-state index contributed by atoms with van der Waals surface area (Å²) in [5.41, 5.74) is 8.10. The zero-order chi connectivity index (χ0) is 28.1. The summed E-state index contributed by atoms with van der Waals surface area (Å²) in [5, 5.41) is 12.7. The highest BCUT2D eigenvalue weighted by Crippen LogP contribution is 2.58. The number of aliphatic carboxylic acids is 1. The van der Waals surface area contributed by atoms with Crippen molar-refractivity contribution in [2.75, 3.05) is 37.7 Å². The normalized spacial score (nSPS) is 25.9. The molecule has 41 heavy (non-hydrogen) atoms. The highest BCUT2D eigenvalue weighted by Gasteiger charge is 2.62. The van der Waals surface area contributed by atoms with Crippen molar-refractivity contribution in [1.82, 2.24) is 9.88 Å². The number of aryl methyl sites for hydroxylation is 2. The highest BCUT2D eigenvalue weighted by molar-refractivity contribution is 7.14. The largest absolute Gasteiger partial charge is 0.488 e. The van der Waals surface area contributed by atoms with Gasteiger partial charge in [-0.1, -0.05) is 23.8 Å². The van der Waals surface area contributed by atoms with Crippen molar-refractivity contribution in [3.05, 3.63) is 63.5 Å². The fourth-order valence-electron chi connectivity index (χ4n) is 7.20. The van der Waals surface area contributed by atoms with Crippen molar-refractivity contribution >= 4 is 22.4 Å². The van der Waals surface area contributed by atoms with E-state index in [1.54, 1.807) is 11.3 Å². The van der Waals surface area contributed by atoms with E-state index in [4.69, 9.17) is 14.5 Å². The molecule has 0 radical (unpaired) electrons. The van der Waals surface area contributed by atoms with Crippen molar-refractivity contribution in [3.8, 4) is 17.0 Å². The van der Waals surface area contributed by atoms with Gasteiger partial charge in [-0.3, -0.25) is 9.69 Å². The molecule has 216 valence electrons. The minimum atomic E-state index is -0.630. The maximum atomic E-state index is 11.7. The van der Waals surface area contributed by atoms with E-state index >= 15 is 0 Å². The van der Waals surface area contributed by atoms with E-state index in [1.807, 2.05) is 0 Å². The van der Waals surface area contributed by atoms with Crippen LogP contribution in [0, 0.1) is 25.2 Å². The average molecular weight is 574 g/mol. The molecule has 3 aromatic rings. The third kappa shape index (κ3) is 5.15. The molecule has 1 N–H and O–H groups in total. The van der Waals surface area contributed by atoms with Crippen LogP contribution >= 0.6 is 11.3 Å². The van der Waals surface area contributed by atoms with Crippen molar-refractivity contribution < 1.29 is 19.4 Å². The monoisotopic (exact) mass is 573 g/mol. The van der Waals surface area contributed by atoms with Crippen molar-refractivity contribution in [2.24, 2.45) is 11.3 Å². The molecule has 0 bridgehead atoms. The van der Waals surface area contributed by atoms with Crippen LogP contribution in [0.4, 0.5) is 5.13 Å². The minimum absolute atomic E-state index is 0.239. The Hall–Kier alpha value is -2.94. The molecule has 4 heterocycles. The van der Waals surface area contributed by atoms with Crippen LogP contribution in [0.1, 0.15) is 53.5 Å². The number of nitrogens with zero attached hydrogens (tertiary/aromatic N) is 3. The van der Waals surface area contributed by atoms with Gasteiger partial charge in [-0.15, -0.1) is 11.3 Å². The Balaban J connectivity index is 1.05. The van der Waals surface area contributed by atoms with Gasteiger partial charge in [0, 0.05) is 49.8 Å². The molecular weight excluding hydrogens is 534 g/mol. The number of rotatable bonds is 7. The average Bonchev–Trinajstić information content (AvgIpc) is 3.54. The summed E-state index contributed by atoms with van der Waals surface area (Å²) in [6.07, 6.45) is 4.97. The van der Waals surface area contributed by atoms with E-state index in [2.05, 4.69) is 59.4 Å². The van der Waals surface area contributed by atoms with E-state index < -0.39 is 11.4 Å². The fourth-order valence-corrected chi connectivity index (χ4v) is 8.06. The van der Waals surface area contributed by atoms with Gasteiger partial charge in [0.15, 0.2) is 5.13 Å². The van der Waals surface area contributed by atoms with Gasteiger partial charge >= 0.3 is 5.97 Å². The second kappa shape index (κ2) is 10.7. The zero-order valence-electron chi connectivity index (χ0n) is 24.0. The van der Waals surface area contributed by atoms with Gasteiger partial charge in [0.1, 0.15) is 12.4 Å². The smallest absolute Gasteiger partial charge is 0.310 e. The van der Waals surface area contributed by atoms with Gasteiger partial charge in [0.2, 0.25) is 0 Å². The summed E-state index contributed by atoms with van der Waals surface area (Å²) >= 11 is 1.64. The number of piperidine rings is 1. The third-order valence-electron chi connectivity index (χ3n) is 9.80. The Morgan fingerprint density at radius 1 is 1.24 bits per heavy atom. The second-order valence-electron chi connectivity index (χ2n) is 12.5. The summed E-state index contributed by atoms with van der Waals surface area (Å²) in [6, 6.07) is 11.5. The molecule has 7 rings (SSSR count). The summed E-state index contributed by atoms with van der Waals surface area (Å²) in [7, 11) is 0. The molecule has 4 aliphatic rings. The summed E-state index contributed by atoms with van der Waals surface area (Å²) in [6.45, 7) is 10.3. The zero-order valence-corrected chi connectivity index (χ0v) is 24.8. The molecule has 3 aliphatic heterocycles. The first kappa shape index (κ1) is 26.9. The molecule has 3 unspecified atom stereocenters. The van der Waals surface area contributed by atoms with Crippen molar-refractivity contribution in [3.63, 3.8) is 0 Å². The molecule has 2 aromatic carbocycles. The van der Waals surface area contributed by atoms with Crippen molar-refractivity contribution in [1.29, 1.82) is 0 Å². The van der Waals surface area contributed by atoms with Gasteiger partial charge in [-0.25, -0.2) is 4.98 Å². The Morgan fingerprint density at radius 2 is 2.15 bits per heavy atom. The molecule has 1 aromatic heterocycles. The maximum Gasteiger partial charge on any atom is 0.310 e. The molecule has 7 nitrogen and oxygen atoms in total. The van der Waals surface area contributed by atoms with Crippen LogP contribution in [-0.2, 0) is 29.1 Å². The first-order valence-corrected chi connectivity index (χ1v) is 15.9. The topological polar surface area (TPSA) is 75.1 Å². The summed E-state index contributed by atoms with van der Waals surface area (Å²) < 4.78 is 12.2. The number of thiazole rings is 1. The lowest BCUT2D eigenvalue weighted by molar-refractivity contribution is -0.144. The number of benzene rings is 2. The van der Waals surface area contributed by atoms with Gasteiger partial charge in [0.25, 0.3) is 0 Å². The second-order valence-corrected chi connectivity index (χ2v) is 13.3. The lowest BCUT2D eigenvalue weighted by atomic mass is 9.92. The highest BCUT2D eigenvalue weighted by atomic mass is 32.1. The van der Waals surface area contributed by atoms with E-state index in [0.717, 1.165) is 74.4 Å². The van der Waals surface area contributed by atoms with Crippen LogP contribution in [0.15, 0.2) is 35.7 Å². The lowest BCUT2D eigenvalue weighted by Gasteiger charge is -2.38. The lowest BCUT2D eigenvalue weighted by Crippen LogP contribution is -2.44. The molecule has 0 spiro atoms. The molecule has 1 aliphatic carbocycles. The van der Waals surface area contributed by atoms with E-state index in [9.17, 15) is 9.90 Å². The fraction of sp³-hybridized carbons (Fsp3) is 0.515. The van der Waals surface area contributed by atoms with Gasteiger partial charge in [0.05, 0.1) is 17.7 Å².